The number of hydrogen-bond donors (Lipinski definition) is 1. The van der Waals surface area contributed by atoms with Crippen LogP contribution in [0.15, 0.2) is 24.3 Å². The predicted octanol–water partition coefficient (Wildman–Crippen LogP) is 3.24. The standard InChI is InChI=1S/C18H18N4O3/c1-18(2)16(12-5-6-25-17(12)18)21-15-7-10(9-19)13-8-11(22(23)24)3-4-14(13)20-15/h3-4,7-8,12,16-17H,5-6H2,1-2H3,(H,20,21)/t12-,16-,17-/m1/s1. The molecule has 4 rings (SSSR count). The van der Waals surface area contributed by atoms with E-state index >= 15 is 0 Å². The van der Waals surface area contributed by atoms with Crippen LogP contribution in [0.5, 0.6) is 0 Å². The highest BCUT2D eigenvalue weighted by atomic mass is 16.6. The number of hydrogen-bond acceptors (Lipinski definition) is 6. The van der Waals surface area contributed by atoms with Crippen molar-refractivity contribution in [2.24, 2.45) is 11.3 Å². The van der Waals surface area contributed by atoms with Crippen LogP contribution >= 0.6 is 0 Å². The van der Waals surface area contributed by atoms with Crippen molar-refractivity contribution < 1.29 is 9.66 Å². The minimum atomic E-state index is -0.468. The molecule has 7 heteroatoms. The van der Waals surface area contributed by atoms with Crippen LogP contribution in [-0.4, -0.2) is 28.7 Å². The number of pyridine rings is 1. The monoisotopic (exact) mass is 338 g/mol. The van der Waals surface area contributed by atoms with Crippen molar-refractivity contribution in [3.05, 3.63) is 39.9 Å². The summed E-state index contributed by atoms with van der Waals surface area (Å²) in [6.07, 6.45) is 1.29. The molecule has 2 aromatic rings. The van der Waals surface area contributed by atoms with Crippen LogP contribution < -0.4 is 5.32 Å². The molecule has 0 amide bonds. The van der Waals surface area contributed by atoms with E-state index in [9.17, 15) is 15.4 Å². The molecule has 2 aliphatic rings. The Morgan fingerprint density at radius 3 is 2.96 bits per heavy atom. The van der Waals surface area contributed by atoms with E-state index in [1.165, 1.54) is 12.1 Å². The van der Waals surface area contributed by atoms with Crippen LogP contribution in [0.25, 0.3) is 10.9 Å². The molecule has 1 aromatic carbocycles. The molecule has 0 unspecified atom stereocenters. The van der Waals surface area contributed by atoms with Gasteiger partial charge in [-0.15, -0.1) is 0 Å². The lowest BCUT2D eigenvalue weighted by atomic mass is 9.57. The van der Waals surface area contributed by atoms with Crippen LogP contribution in [0.3, 0.4) is 0 Å². The quantitative estimate of drug-likeness (QED) is 0.681. The van der Waals surface area contributed by atoms with E-state index in [-0.39, 0.29) is 23.2 Å². The van der Waals surface area contributed by atoms with Crippen LogP contribution in [-0.2, 0) is 4.74 Å². The Morgan fingerprint density at radius 2 is 2.24 bits per heavy atom. The number of nitriles is 1. The summed E-state index contributed by atoms with van der Waals surface area (Å²) in [6, 6.07) is 8.43. The Kier molecular flexibility index (Phi) is 3.41. The minimum Gasteiger partial charge on any atom is -0.377 e. The van der Waals surface area contributed by atoms with Gasteiger partial charge in [-0.1, -0.05) is 13.8 Å². The third-order valence-electron chi connectivity index (χ3n) is 5.53. The van der Waals surface area contributed by atoms with Crippen LogP contribution in [0.4, 0.5) is 11.5 Å². The normalized spacial score (nSPS) is 26.5. The van der Waals surface area contributed by atoms with Gasteiger partial charge in [0, 0.05) is 41.5 Å². The van der Waals surface area contributed by atoms with Crippen molar-refractivity contribution in [3.8, 4) is 6.07 Å². The van der Waals surface area contributed by atoms with Gasteiger partial charge in [0.1, 0.15) is 5.82 Å². The second-order valence-corrected chi connectivity index (χ2v) is 7.31. The smallest absolute Gasteiger partial charge is 0.270 e. The molecule has 0 spiro atoms. The Bertz CT molecular complexity index is 918. The number of ether oxygens (including phenoxy) is 1. The molecule has 2 heterocycles. The van der Waals surface area contributed by atoms with Crippen molar-refractivity contribution in [2.75, 3.05) is 11.9 Å². The van der Waals surface area contributed by atoms with Gasteiger partial charge in [0.2, 0.25) is 0 Å². The zero-order valence-electron chi connectivity index (χ0n) is 14.0. The molecule has 1 aromatic heterocycles. The highest BCUT2D eigenvalue weighted by molar-refractivity contribution is 5.88. The molecule has 128 valence electrons. The van der Waals surface area contributed by atoms with E-state index in [1.807, 2.05) is 0 Å². The van der Waals surface area contributed by atoms with Crippen LogP contribution in [0.1, 0.15) is 25.8 Å². The number of anilines is 1. The van der Waals surface area contributed by atoms with E-state index < -0.39 is 4.92 Å². The van der Waals surface area contributed by atoms with Gasteiger partial charge in [-0.2, -0.15) is 5.26 Å². The summed E-state index contributed by atoms with van der Waals surface area (Å²) in [4.78, 5) is 15.1. The summed E-state index contributed by atoms with van der Waals surface area (Å²) in [6.45, 7) is 5.13. The largest absolute Gasteiger partial charge is 0.377 e. The van der Waals surface area contributed by atoms with Crippen molar-refractivity contribution >= 4 is 22.4 Å². The predicted molar refractivity (Wildman–Crippen MR) is 92.2 cm³/mol. The number of benzene rings is 1. The number of nitro groups is 1. The molecule has 1 N–H and O–H groups in total. The molecule has 0 bridgehead atoms. The van der Waals surface area contributed by atoms with Crippen molar-refractivity contribution in [2.45, 2.75) is 32.4 Å². The van der Waals surface area contributed by atoms with E-state index in [4.69, 9.17) is 4.74 Å². The van der Waals surface area contributed by atoms with Gasteiger partial charge in [-0.3, -0.25) is 10.1 Å². The first-order valence-corrected chi connectivity index (χ1v) is 8.29. The highest BCUT2D eigenvalue weighted by Crippen LogP contribution is 2.53. The van der Waals surface area contributed by atoms with Gasteiger partial charge in [-0.25, -0.2) is 4.98 Å². The van der Waals surface area contributed by atoms with E-state index in [1.54, 1.807) is 12.1 Å². The second-order valence-electron chi connectivity index (χ2n) is 7.31. The lowest BCUT2D eigenvalue weighted by Crippen LogP contribution is -2.63. The third kappa shape index (κ3) is 2.33. The third-order valence-corrected chi connectivity index (χ3v) is 5.53. The molecule has 1 aliphatic heterocycles. The van der Waals surface area contributed by atoms with Gasteiger partial charge in [0.05, 0.1) is 28.2 Å². The SMILES string of the molecule is CC1(C)[C@H](Nc2cc(C#N)c3cc([N+](=O)[O-])ccc3n2)[C@H]2CCO[C@H]21. The number of non-ortho nitro benzene ring substituents is 1. The summed E-state index contributed by atoms with van der Waals surface area (Å²) >= 11 is 0. The minimum absolute atomic E-state index is 0.0000840. The molecule has 2 fully saturated rings. The lowest BCUT2D eigenvalue weighted by Gasteiger charge is -2.54. The zero-order valence-corrected chi connectivity index (χ0v) is 14.0. The fraction of sp³-hybridized carbons (Fsp3) is 0.444. The molecule has 25 heavy (non-hydrogen) atoms. The molecule has 7 nitrogen and oxygen atoms in total. The van der Waals surface area contributed by atoms with Crippen molar-refractivity contribution in [1.82, 2.24) is 4.98 Å². The Balaban J connectivity index is 1.70. The maximum Gasteiger partial charge on any atom is 0.270 e. The average molecular weight is 338 g/mol. The topological polar surface area (TPSA) is 101 Å². The second kappa shape index (κ2) is 5.39. The average Bonchev–Trinajstić information content (AvgIpc) is 3.05. The van der Waals surface area contributed by atoms with Gasteiger partial charge in [-0.05, 0) is 18.6 Å². The maximum absolute atomic E-state index is 11.0. The molecular weight excluding hydrogens is 320 g/mol. The molecule has 3 atom stereocenters. The number of rotatable bonds is 3. The Labute approximate surface area is 144 Å². The van der Waals surface area contributed by atoms with Gasteiger partial charge >= 0.3 is 0 Å². The van der Waals surface area contributed by atoms with Crippen molar-refractivity contribution in [3.63, 3.8) is 0 Å². The molecule has 1 saturated heterocycles. The summed E-state index contributed by atoms with van der Waals surface area (Å²) < 4.78 is 5.81. The fourth-order valence-corrected chi connectivity index (χ4v) is 4.27. The highest BCUT2D eigenvalue weighted by Gasteiger charge is 2.59. The number of nitrogens with zero attached hydrogens (tertiary/aromatic N) is 3. The fourth-order valence-electron chi connectivity index (χ4n) is 4.27. The Morgan fingerprint density at radius 1 is 1.44 bits per heavy atom. The lowest BCUT2D eigenvalue weighted by molar-refractivity contribution is -0.384. The van der Waals surface area contributed by atoms with E-state index in [2.05, 4.69) is 30.2 Å². The molecule has 0 radical (unpaired) electrons. The molecule has 1 aliphatic carbocycles. The summed E-state index contributed by atoms with van der Waals surface area (Å²) in [5, 5.41) is 24.4. The number of aromatic nitrogens is 1. The number of fused-ring (bicyclic) bond motifs is 2. The first-order valence-electron chi connectivity index (χ1n) is 8.29. The maximum atomic E-state index is 11.0. The summed E-state index contributed by atoms with van der Waals surface area (Å²) in [5.41, 5.74) is 0.911. The first kappa shape index (κ1) is 15.8. The number of nitrogens with one attached hydrogen (secondary N) is 1. The van der Waals surface area contributed by atoms with Gasteiger partial charge in [0.25, 0.3) is 5.69 Å². The van der Waals surface area contributed by atoms with Crippen LogP contribution in [0.2, 0.25) is 0 Å². The number of nitro benzene ring substituents is 1. The van der Waals surface area contributed by atoms with E-state index in [0.717, 1.165) is 13.0 Å². The van der Waals surface area contributed by atoms with Gasteiger partial charge < -0.3 is 10.1 Å². The van der Waals surface area contributed by atoms with Crippen LogP contribution in [0, 0.1) is 32.8 Å². The molecule has 1 saturated carbocycles. The summed E-state index contributed by atoms with van der Waals surface area (Å²) in [7, 11) is 0. The first-order chi connectivity index (χ1) is 11.9. The molecular formula is C18H18N4O3. The Hall–Kier alpha value is -2.72. The summed E-state index contributed by atoms with van der Waals surface area (Å²) in [5.74, 6) is 1.08. The van der Waals surface area contributed by atoms with E-state index in [0.29, 0.717) is 28.2 Å². The zero-order chi connectivity index (χ0) is 17.8. The van der Waals surface area contributed by atoms with Crippen molar-refractivity contribution in [1.29, 1.82) is 5.26 Å². The van der Waals surface area contributed by atoms with Gasteiger partial charge in [0.15, 0.2) is 0 Å².